The summed E-state index contributed by atoms with van der Waals surface area (Å²) in [6.07, 6.45) is -3.45. The molecule has 6 heteroatoms. The Kier molecular flexibility index (Phi) is 4.17. The molecule has 0 N–H and O–H groups in total. The highest BCUT2D eigenvalue weighted by Crippen LogP contribution is 2.19. The number of cyclic esters (lactones) is 1. The van der Waals surface area contributed by atoms with Crippen LogP contribution in [0.1, 0.15) is 51.9 Å². The predicted octanol–water partition coefficient (Wildman–Crippen LogP) is 4.79. The molecule has 3 aromatic rings. The number of hydrogen-bond donors (Lipinski definition) is 0. The lowest BCUT2D eigenvalue weighted by atomic mass is 10.0. The highest BCUT2D eigenvalue weighted by atomic mass is 16.6. The van der Waals surface area contributed by atoms with E-state index in [1.54, 1.807) is 24.3 Å². The lowest BCUT2D eigenvalue weighted by Crippen LogP contribution is -2.41. The molecule has 3 aromatic carbocycles. The van der Waals surface area contributed by atoms with Crippen LogP contribution in [0.3, 0.4) is 0 Å². The van der Waals surface area contributed by atoms with Gasteiger partial charge in [-0.3, -0.25) is 4.79 Å². The summed E-state index contributed by atoms with van der Waals surface area (Å²) >= 11 is 0. The van der Waals surface area contributed by atoms with Crippen LogP contribution in [0.2, 0.25) is 0 Å². The van der Waals surface area contributed by atoms with Crippen molar-refractivity contribution in [3.8, 4) is 0 Å². The van der Waals surface area contributed by atoms with Crippen molar-refractivity contribution in [1.82, 2.24) is 4.90 Å². The highest BCUT2D eigenvalue weighted by molar-refractivity contribution is 5.94. The van der Waals surface area contributed by atoms with E-state index < -0.39 is 61.8 Å². The zero-order valence-corrected chi connectivity index (χ0v) is 17.9. The van der Waals surface area contributed by atoms with Crippen LogP contribution in [-0.4, -0.2) is 35.5 Å². The largest absolute Gasteiger partial charge is 0.457 e. The summed E-state index contributed by atoms with van der Waals surface area (Å²) in [5, 5.41) is 0. The zero-order chi connectivity index (χ0) is 32.7. The third-order valence-electron chi connectivity index (χ3n) is 5.13. The molecule has 174 valence electrons. The van der Waals surface area contributed by atoms with E-state index >= 15 is 0 Å². The van der Waals surface area contributed by atoms with Crippen molar-refractivity contribution in [3.63, 3.8) is 0 Å². The minimum Gasteiger partial charge on any atom is -0.457 e. The van der Waals surface area contributed by atoms with E-state index in [-0.39, 0.29) is 29.7 Å². The summed E-state index contributed by atoms with van der Waals surface area (Å²) in [6.45, 7) is -8.52. The molecule has 1 saturated heterocycles. The molecule has 0 bridgehead atoms. The average molecular weight is 468 g/mol. The summed E-state index contributed by atoms with van der Waals surface area (Å²) in [6, 6.07) is 15.4. The molecular formula is C28H27NO5. The SMILES string of the molecule is [2H]C([2H])([2H])c1ccc(C(=O)OC([2H])([2H])c2ccc(C([2H])([2H])C(=O)N3C(=O)OC[C@H]3Cc3ccccc3)cc2)c(C([2H])([2H])[2H])c1. The van der Waals surface area contributed by atoms with E-state index in [1.807, 2.05) is 6.07 Å². The molecule has 4 rings (SSSR count). The van der Waals surface area contributed by atoms with E-state index in [9.17, 15) is 14.4 Å². The molecule has 1 aliphatic heterocycles. The number of nitrogens with zero attached hydrogens (tertiary/aromatic N) is 1. The Bertz CT molecular complexity index is 1550. The van der Waals surface area contributed by atoms with Crippen LogP contribution < -0.4 is 0 Å². The van der Waals surface area contributed by atoms with Gasteiger partial charge in [0.15, 0.2) is 0 Å². The van der Waals surface area contributed by atoms with Gasteiger partial charge in [-0.2, -0.15) is 0 Å². The van der Waals surface area contributed by atoms with Crippen LogP contribution in [0.15, 0.2) is 72.8 Å². The third kappa shape index (κ3) is 5.52. The molecule has 6 nitrogen and oxygen atoms in total. The van der Waals surface area contributed by atoms with E-state index in [2.05, 4.69) is 0 Å². The molecule has 0 aliphatic carbocycles. The zero-order valence-electron chi connectivity index (χ0n) is 27.9. The lowest BCUT2D eigenvalue weighted by molar-refractivity contribution is -0.128. The first-order chi connectivity index (χ1) is 20.3. The molecule has 1 heterocycles. The second kappa shape index (κ2) is 10.3. The van der Waals surface area contributed by atoms with Gasteiger partial charge < -0.3 is 9.47 Å². The number of esters is 1. The highest BCUT2D eigenvalue weighted by Gasteiger charge is 2.37. The van der Waals surface area contributed by atoms with Gasteiger partial charge in [-0.25, -0.2) is 14.5 Å². The Labute approximate surface area is 213 Å². The first-order valence-electron chi connectivity index (χ1n) is 15.4. The molecule has 0 radical (unpaired) electrons. The van der Waals surface area contributed by atoms with Gasteiger partial charge >= 0.3 is 12.1 Å². The fourth-order valence-corrected chi connectivity index (χ4v) is 3.43. The Hall–Kier alpha value is -3.93. The van der Waals surface area contributed by atoms with Crippen molar-refractivity contribution in [2.45, 2.75) is 39.1 Å². The summed E-state index contributed by atoms with van der Waals surface area (Å²) in [4.78, 5) is 39.3. The van der Waals surface area contributed by atoms with E-state index in [4.69, 9.17) is 23.2 Å². The van der Waals surface area contributed by atoms with Crippen LogP contribution in [0.4, 0.5) is 4.79 Å². The van der Waals surface area contributed by atoms with Gasteiger partial charge in [0.1, 0.15) is 13.2 Å². The first-order valence-corrected chi connectivity index (χ1v) is 10.4. The Morgan fingerprint density at radius 3 is 2.53 bits per heavy atom. The Morgan fingerprint density at radius 1 is 1.03 bits per heavy atom. The minimum atomic E-state index is -2.91. The van der Waals surface area contributed by atoms with Crippen molar-refractivity contribution in [2.24, 2.45) is 0 Å². The predicted molar refractivity (Wildman–Crippen MR) is 127 cm³/mol. The third-order valence-corrected chi connectivity index (χ3v) is 5.13. The fourth-order valence-electron chi connectivity index (χ4n) is 3.43. The van der Waals surface area contributed by atoms with Crippen molar-refractivity contribution in [3.05, 3.63) is 106 Å². The topological polar surface area (TPSA) is 72.9 Å². The monoisotopic (exact) mass is 467 g/mol. The maximum Gasteiger partial charge on any atom is 0.416 e. The maximum atomic E-state index is 13.3. The standard InChI is InChI=1S/C28H27NO5/c1-19-8-13-25(20(2)14-19)27(31)33-17-23-11-9-22(10-12-23)16-26(30)29-24(18-34-28(29)32)15-21-6-4-3-5-7-21/h3-14,24H,15-18H2,1-2H3/t24-/m1/s1/i1D3,2D3,16D2,17D2. The normalized spacial score (nSPS) is 21.1. The molecule has 1 aliphatic rings. The second-order valence-electron chi connectivity index (χ2n) is 7.55. The molecule has 1 atom stereocenters. The van der Waals surface area contributed by atoms with E-state index in [1.165, 1.54) is 0 Å². The number of aryl methyl sites for hydroxylation is 2. The lowest BCUT2D eigenvalue weighted by Gasteiger charge is -2.19. The Balaban J connectivity index is 1.54. The smallest absolute Gasteiger partial charge is 0.416 e. The van der Waals surface area contributed by atoms with Crippen molar-refractivity contribution >= 4 is 18.0 Å². The van der Waals surface area contributed by atoms with Gasteiger partial charge in [-0.05, 0) is 48.4 Å². The van der Waals surface area contributed by atoms with Gasteiger partial charge in [-0.1, -0.05) is 72.3 Å². The molecule has 0 spiro atoms. The molecular weight excluding hydrogens is 430 g/mol. The average Bonchev–Trinajstić information content (AvgIpc) is 3.30. The van der Waals surface area contributed by atoms with Crippen molar-refractivity contribution in [1.29, 1.82) is 0 Å². The minimum absolute atomic E-state index is 0.109. The van der Waals surface area contributed by atoms with Gasteiger partial charge in [0.05, 0.1) is 20.7 Å². The van der Waals surface area contributed by atoms with Crippen LogP contribution >= 0.6 is 0 Å². The summed E-state index contributed by atoms with van der Waals surface area (Å²) in [5.74, 6) is -2.54. The van der Waals surface area contributed by atoms with Crippen LogP contribution in [0, 0.1) is 13.7 Å². The number of hydrogen-bond acceptors (Lipinski definition) is 5. The van der Waals surface area contributed by atoms with Crippen molar-refractivity contribution < 1.29 is 37.6 Å². The Morgan fingerprint density at radius 2 is 1.79 bits per heavy atom. The number of rotatable bonds is 7. The van der Waals surface area contributed by atoms with Gasteiger partial charge in [0, 0.05) is 11.0 Å². The van der Waals surface area contributed by atoms with Gasteiger partial charge in [-0.15, -0.1) is 0 Å². The summed E-state index contributed by atoms with van der Waals surface area (Å²) < 4.78 is 89.2. The number of carbonyl (C=O) groups excluding carboxylic acids is 3. The summed E-state index contributed by atoms with van der Waals surface area (Å²) in [5.41, 5.74) is -1.17. The first kappa shape index (κ1) is 13.7. The number of carbonyl (C=O) groups is 3. The molecule has 0 saturated carbocycles. The number of amides is 2. The number of ether oxygens (including phenoxy) is 2. The number of imide groups is 1. The quantitative estimate of drug-likeness (QED) is 0.467. The van der Waals surface area contributed by atoms with Gasteiger partial charge in [0.25, 0.3) is 0 Å². The summed E-state index contributed by atoms with van der Waals surface area (Å²) in [7, 11) is 0. The molecule has 0 aromatic heterocycles. The van der Waals surface area contributed by atoms with Crippen LogP contribution in [0.25, 0.3) is 0 Å². The molecule has 1 fully saturated rings. The van der Waals surface area contributed by atoms with E-state index in [0.717, 1.165) is 52.9 Å². The van der Waals surface area contributed by atoms with Crippen LogP contribution in [-0.2, 0) is 33.6 Å². The van der Waals surface area contributed by atoms with E-state index in [0.29, 0.717) is 0 Å². The second-order valence-corrected chi connectivity index (χ2v) is 7.55. The maximum absolute atomic E-state index is 13.3. The molecule has 34 heavy (non-hydrogen) atoms. The van der Waals surface area contributed by atoms with Crippen molar-refractivity contribution in [2.75, 3.05) is 6.61 Å². The number of benzene rings is 3. The molecule has 2 amide bonds. The van der Waals surface area contributed by atoms with Gasteiger partial charge in [0.2, 0.25) is 5.91 Å². The molecule has 0 unspecified atom stereocenters. The fraction of sp³-hybridized carbons (Fsp3) is 0.250. The van der Waals surface area contributed by atoms with Crippen LogP contribution in [0.5, 0.6) is 0 Å².